The number of aromatic amines is 2. The lowest BCUT2D eigenvalue weighted by molar-refractivity contribution is 0.316. The van der Waals surface area contributed by atoms with Crippen LogP contribution in [0.25, 0.3) is 0 Å². The number of nitrogens with one attached hydrogen (secondary N) is 4. The van der Waals surface area contributed by atoms with Gasteiger partial charge in [-0.15, -0.1) is 0 Å². The predicted octanol–water partition coefficient (Wildman–Crippen LogP) is 6.22. The van der Waals surface area contributed by atoms with Gasteiger partial charge in [0.1, 0.15) is 0 Å². The van der Waals surface area contributed by atoms with Gasteiger partial charge in [0.15, 0.2) is 0 Å². The Bertz CT molecular complexity index is 1500. The maximum Gasteiger partial charge on any atom is 0.248 e. The van der Waals surface area contributed by atoms with Crippen molar-refractivity contribution in [2.45, 2.75) is 96.6 Å². The SMILES string of the molecule is CC=C1[C@H]2C=C(C)C[C@]1(NCCCCCCCN[C@@]13CC(C)=C[C@@H](Cc4[nH]c(=O)ccc41)C3=CC)c1ccc(=O)[nH]c1C2. The zero-order valence-corrected chi connectivity index (χ0v) is 26.4. The fourth-order valence-corrected chi connectivity index (χ4v) is 8.92. The Balaban J connectivity index is 1.03. The molecule has 4 bridgehead atoms. The Kier molecular flexibility index (Phi) is 8.36. The Hall–Kier alpha value is -3.22. The molecule has 0 saturated carbocycles. The topological polar surface area (TPSA) is 89.8 Å². The molecule has 0 aliphatic heterocycles. The van der Waals surface area contributed by atoms with E-state index in [-0.39, 0.29) is 22.2 Å². The first-order valence-electron chi connectivity index (χ1n) is 16.4. The maximum atomic E-state index is 12.1. The number of hydrogen-bond donors (Lipinski definition) is 4. The number of unbranched alkanes of at least 4 members (excludes halogenated alkanes) is 4. The zero-order valence-electron chi connectivity index (χ0n) is 26.4. The van der Waals surface area contributed by atoms with Crippen LogP contribution in [0, 0.1) is 11.8 Å². The maximum absolute atomic E-state index is 12.1. The third kappa shape index (κ3) is 5.38. The Morgan fingerprint density at radius 3 is 1.53 bits per heavy atom. The van der Waals surface area contributed by atoms with Crippen LogP contribution in [0.3, 0.4) is 0 Å². The van der Waals surface area contributed by atoms with E-state index in [9.17, 15) is 9.59 Å². The van der Waals surface area contributed by atoms with Crippen molar-refractivity contribution >= 4 is 0 Å². The molecule has 0 fully saturated rings. The highest BCUT2D eigenvalue weighted by Gasteiger charge is 2.47. The zero-order chi connectivity index (χ0) is 30.2. The molecule has 4 N–H and O–H groups in total. The van der Waals surface area contributed by atoms with E-state index in [0.717, 1.165) is 63.0 Å². The predicted molar refractivity (Wildman–Crippen MR) is 175 cm³/mol. The van der Waals surface area contributed by atoms with Crippen molar-refractivity contribution < 1.29 is 0 Å². The van der Waals surface area contributed by atoms with Crippen LogP contribution in [-0.2, 0) is 23.9 Å². The van der Waals surface area contributed by atoms with Crippen LogP contribution in [0.15, 0.2) is 80.5 Å². The molecular formula is C37H48N4O2. The van der Waals surface area contributed by atoms with E-state index in [0.29, 0.717) is 11.8 Å². The van der Waals surface area contributed by atoms with Gasteiger partial charge in [-0.1, -0.05) is 54.7 Å². The van der Waals surface area contributed by atoms with E-state index >= 15 is 0 Å². The van der Waals surface area contributed by atoms with Gasteiger partial charge in [-0.05, 0) is 114 Å². The lowest BCUT2D eigenvalue weighted by Crippen LogP contribution is -2.52. The van der Waals surface area contributed by atoms with Crippen molar-refractivity contribution in [1.29, 1.82) is 0 Å². The van der Waals surface area contributed by atoms with Crippen LogP contribution >= 0.6 is 0 Å². The molecule has 0 amide bonds. The first kappa shape index (κ1) is 29.8. The van der Waals surface area contributed by atoms with Crippen molar-refractivity contribution in [3.8, 4) is 0 Å². The van der Waals surface area contributed by atoms with E-state index in [1.807, 2.05) is 0 Å². The third-order valence-corrected chi connectivity index (χ3v) is 10.4. The van der Waals surface area contributed by atoms with Crippen LogP contribution in [-0.4, -0.2) is 23.1 Å². The van der Waals surface area contributed by atoms with Gasteiger partial charge in [-0.2, -0.15) is 0 Å². The molecular weight excluding hydrogens is 532 g/mol. The number of aromatic nitrogens is 2. The summed E-state index contributed by atoms with van der Waals surface area (Å²) in [7, 11) is 0. The highest BCUT2D eigenvalue weighted by Crippen LogP contribution is 2.50. The molecule has 0 spiro atoms. The van der Waals surface area contributed by atoms with Gasteiger partial charge < -0.3 is 20.6 Å². The highest BCUT2D eigenvalue weighted by molar-refractivity contribution is 5.50. The summed E-state index contributed by atoms with van der Waals surface area (Å²) in [5, 5.41) is 7.98. The van der Waals surface area contributed by atoms with Crippen molar-refractivity contribution in [3.05, 3.63) is 114 Å². The van der Waals surface area contributed by atoms with E-state index in [4.69, 9.17) is 0 Å². The summed E-state index contributed by atoms with van der Waals surface area (Å²) < 4.78 is 0. The molecule has 0 radical (unpaired) electrons. The van der Waals surface area contributed by atoms with Gasteiger partial charge in [0.25, 0.3) is 0 Å². The number of rotatable bonds is 10. The van der Waals surface area contributed by atoms with Crippen LogP contribution in [0.2, 0.25) is 0 Å². The Morgan fingerprint density at radius 1 is 0.698 bits per heavy atom. The summed E-state index contributed by atoms with van der Waals surface area (Å²) in [4.78, 5) is 30.5. The Morgan fingerprint density at radius 2 is 1.12 bits per heavy atom. The lowest BCUT2D eigenvalue weighted by Gasteiger charge is -2.48. The van der Waals surface area contributed by atoms with Crippen molar-refractivity contribution in [2.24, 2.45) is 11.8 Å². The summed E-state index contributed by atoms with van der Waals surface area (Å²) >= 11 is 0. The molecule has 0 aromatic carbocycles. The average Bonchev–Trinajstić information content (AvgIpc) is 2.95. The van der Waals surface area contributed by atoms with Crippen LogP contribution in [0.1, 0.15) is 95.2 Å². The summed E-state index contributed by atoms with van der Waals surface area (Å²) in [6.45, 7) is 10.7. The minimum Gasteiger partial charge on any atom is -0.326 e. The van der Waals surface area contributed by atoms with Gasteiger partial charge in [-0.25, -0.2) is 0 Å². The number of hydrogen-bond acceptors (Lipinski definition) is 4. The van der Waals surface area contributed by atoms with Crippen molar-refractivity contribution in [3.63, 3.8) is 0 Å². The second-order valence-electron chi connectivity index (χ2n) is 13.4. The van der Waals surface area contributed by atoms with Gasteiger partial charge >= 0.3 is 0 Å². The molecule has 2 heterocycles. The first-order chi connectivity index (χ1) is 20.8. The van der Waals surface area contributed by atoms with Crippen molar-refractivity contribution in [2.75, 3.05) is 13.1 Å². The molecule has 4 aliphatic carbocycles. The van der Waals surface area contributed by atoms with Crippen LogP contribution in [0.5, 0.6) is 0 Å². The number of H-pyrrole nitrogens is 2. The van der Waals surface area contributed by atoms with E-state index in [2.05, 4.69) is 84.7 Å². The molecule has 228 valence electrons. The average molecular weight is 581 g/mol. The molecule has 4 aliphatic rings. The number of allylic oxidation sites excluding steroid dienone is 4. The first-order valence-corrected chi connectivity index (χ1v) is 16.4. The van der Waals surface area contributed by atoms with E-state index in [1.165, 1.54) is 52.7 Å². The highest BCUT2D eigenvalue weighted by atomic mass is 16.1. The van der Waals surface area contributed by atoms with E-state index < -0.39 is 0 Å². The van der Waals surface area contributed by atoms with Gasteiger partial charge in [-0.3, -0.25) is 9.59 Å². The second kappa shape index (κ2) is 12.0. The molecule has 0 saturated heterocycles. The quantitative estimate of drug-likeness (QED) is 0.198. The molecule has 0 unspecified atom stereocenters. The standard InChI is InChI=1S/C37H48N4O2/c1-5-28-26-18-24(3)22-36(28,30-12-14-34(42)40-32(30)20-26)38-16-10-8-7-9-11-17-39-37-23-25(4)19-27(29(37)6-2)21-33-31(37)13-15-35(43)41-33/h5-6,12-15,18-19,26-27,38-39H,7-11,16-17,20-23H2,1-4H3,(H,40,42)(H,41,43)/t26-,27-,36+,37+/m0/s1. The number of fused-ring (bicyclic) bond motifs is 8. The molecule has 2 aromatic rings. The molecule has 43 heavy (non-hydrogen) atoms. The molecule has 6 nitrogen and oxygen atoms in total. The number of pyridine rings is 2. The van der Waals surface area contributed by atoms with Crippen LogP contribution in [0.4, 0.5) is 0 Å². The van der Waals surface area contributed by atoms with Gasteiger partial charge in [0.05, 0.1) is 11.1 Å². The summed E-state index contributed by atoms with van der Waals surface area (Å²) in [6.07, 6.45) is 18.9. The fraction of sp³-hybridized carbons (Fsp3) is 0.514. The van der Waals surface area contributed by atoms with E-state index in [1.54, 1.807) is 12.1 Å². The molecule has 6 heteroatoms. The largest absolute Gasteiger partial charge is 0.326 e. The van der Waals surface area contributed by atoms with Crippen LogP contribution < -0.4 is 21.8 Å². The second-order valence-corrected chi connectivity index (χ2v) is 13.4. The fourth-order valence-electron chi connectivity index (χ4n) is 8.92. The molecule has 6 rings (SSSR count). The molecule has 2 aromatic heterocycles. The summed E-state index contributed by atoms with van der Waals surface area (Å²) in [5.74, 6) is 0.698. The van der Waals surface area contributed by atoms with Gasteiger partial charge in [0, 0.05) is 35.4 Å². The normalized spacial score (nSPS) is 29.2. The monoisotopic (exact) mass is 580 g/mol. The molecule has 4 atom stereocenters. The lowest BCUT2D eigenvalue weighted by atomic mass is 9.63. The third-order valence-electron chi connectivity index (χ3n) is 10.4. The van der Waals surface area contributed by atoms with Gasteiger partial charge in [0.2, 0.25) is 11.1 Å². The smallest absolute Gasteiger partial charge is 0.248 e. The summed E-state index contributed by atoms with van der Waals surface area (Å²) in [5.41, 5.74) is 9.99. The minimum absolute atomic E-state index is 0.00911. The minimum atomic E-state index is -0.214. The summed E-state index contributed by atoms with van der Waals surface area (Å²) in [6, 6.07) is 7.48. The Labute approximate surface area is 255 Å². The van der Waals surface area contributed by atoms with Crippen molar-refractivity contribution in [1.82, 2.24) is 20.6 Å².